The lowest BCUT2D eigenvalue weighted by Crippen LogP contribution is -2.39. The first-order valence-electron chi connectivity index (χ1n) is 7.79. The summed E-state index contributed by atoms with van der Waals surface area (Å²) >= 11 is 0. The molecule has 124 valence electrons. The normalized spacial score (nSPS) is 17.6. The SMILES string of the molecule is CCN1CCC(Nc2nccc3nc(C(F)(F)F)ccc23)CC1. The van der Waals surface area contributed by atoms with Crippen LogP contribution in [0.4, 0.5) is 19.0 Å². The molecule has 23 heavy (non-hydrogen) atoms. The zero-order chi connectivity index (χ0) is 16.4. The smallest absolute Gasteiger partial charge is 0.367 e. The van der Waals surface area contributed by atoms with Gasteiger partial charge in [-0.1, -0.05) is 6.92 Å². The summed E-state index contributed by atoms with van der Waals surface area (Å²) in [7, 11) is 0. The fraction of sp³-hybridized carbons (Fsp3) is 0.500. The third kappa shape index (κ3) is 3.55. The van der Waals surface area contributed by atoms with Crippen LogP contribution < -0.4 is 5.32 Å². The lowest BCUT2D eigenvalue weighted by atomic mass is 10.0. The van der Waals surface area contributed by atoms with Crippen molar-refractivity contribution in [3.63, 3.8) is 0 Å². The summed E-state index contributed by atoms with van der Waals surface area (Å²) in [6, 6.07) is 4.25. The molecule has 0 bridgehead atoms. The van der Waals surface area contributed by atoms with Gasteiger partial charge in [0.15, 0.2) is 0 Å². The summed E-state index contributed by atoms with van der Waals surface area (Å²) in [6.45, 7) is 5.23. The standard InChI is InChI=1S/C16H19F3N4/c1-2-23-9-6-11(7-10-23)21-15-12-3-4-14(16(17,18)19)22-13(12)5-8-20-15/h3-5,8,11H,2,6-7,9-10H2,1H3,(H,20,21). The van der Waals surface area contributed by atoms with Crippen molar-refractivity contribution in [1.29, 1.82) is 0 Å². The van der Waals surface area contributed by atoms with Crippen molar-refractivity contribution in [3.05, 3.63) is 30.1 Å². The van der Waals surface area contributed by atoms with Crippen LogP contribution in [-0.4, -0.2) is 40.5 Å². The number of fused-ring (bicyclic) bond motifs is 1. The van der Waals surface area contributed by atoms with Gasteiger partial charge in [-0.2, -0.15) is 13.2 Å². The summed E-state index contributed by atoms with van der Waals surface area (Å²) in [5, 5.41) is 3.99. The number of rotatable bonds is 3. The molecule has 1 fully saturated rings. The van der Waals surface area contributed by atoms with Crippen LogP contribution >= 0.6 is 0 Å². The molecule has 3 heterocycles. The molecule has 2 aromatic heterocycles. The number of piperidine rings is 1. The summed E-state index contributed by atoms with van der Waals surface area (Å²) in [4.78, 5) is 10.4. The minimum atomic E-state index is -4.43. The Hall–Kier alpha value is -1.89. The molecule has 0 spiro atoms. The van der Waals surface area contributed by atoms with Crippen LogP contribution in [0.15, 0.2) is 24.4 Å². The second kappa shape index (κ2) is 6.31. The third-order valence-corrected chi connectivity index (χ3v) is 4.28. The van der Waals surface area contributed by atoms with Gasteiger partial charge in [-0.05, 0) is 37.6 Å². The number of halogens is 3. The Labute approximate surface area is 132 Å². The van der Waals surface area contributed by atoms with Crippen LogP contribution in [0.1, 0.15) is 25.5 Å². The monoisotopic (exact) mass is 324 g/mol. The fourth-order valence-electron chi connectivity index (χ4n) is 2.91. The van der Waals surface area contributed by atoms with Crippen LogP contribution in [0.25, 0.3) is 10.9 Å². The Morgan fingerprint density at radius 1 is 1.22 bits per heavy atom. The maximum absolute atomic E-state index is 12.8. The average molecular weight is 324 g/mol. The highest BCUT2D eigenvalue weighted by molar-refractivity contribution is 5.89. The molecule has 0 amide bonds. The van der Waals surface area contributed by atoms with E-state index in [1.807, 2.05) is 0 Å². The van der Waals surface area contributed by atoms with Crippen LogP contribution in [0.5, 0.6) is 0 Å². The molecular weight excluding hydrogens is 305 g/mol. The van der Waals surface area contributed by atoms with Gasteiger partial charge in [0.1, 0.15) is 11.5 Å². The fourth-order valence-corrected chi connectivity index (χ4v) is 2.91. The minimum Gasteiger partial charge on any atom is -0.367 e. The Bertz CT molecular complexity index is 679. The van der Waals surface area contributed by atoms with Gasteiger partial charge in [-0.3, -0.25) is 0 Å². The molecule has 0 aromatic carbocycles. The number of nitrogens with zero attached hydrogens (tertiary/aromatic N) is 3. The zero-order valence-corrected chi connectivity index (χ0v) is 12.9. The summed E-state index contributed by atoms with van der Waals surface area (Å²) < 4.78 is 38.3. The van der Waals surface area contributed by atoms with E-state index in [2.05, 4.69) is 27.1 Å². The van der Waals surface area contributed by atoms with E-state index < -0.39 is 11.9 Å². The molecule has 4 nitrogen and oxygen atoms in total. The highest BCUT2D eigenvalue weighted by Gasteiger charge is 2.32. The van der Waals surface area contributed by atoms with Gasteiger partial charge >= 0.3 is 6.18 Å². The lowest BCUT2D eigenvalue weighted by molar-refractivity contribution is -0.140. The number of likely N-dealkylation sites (tertiary alicyclic amines) is 1. The van der Waals surface area contributed by atoms with Gasteiger partial charge in [0.2, 0.25) is 0 Å². The van der Waals surface area contributed by atoms with E-state index in [0.717, 1.165) is 38.5 Å². The molecule has 0 radical (unpaired) electrons. The van der Waals surface area contributed by atoms with Crippen molar-refractivity contribution in [2.24, 2.45) is 0 Å². The number of aromatic nitrogens is 2. The van der Waals surface area contributed by atoms with Crippen LogP contribution in [-0.2, 0) is 6.18 Å². The molecule has 1 aliphatic rings. The van der Waals surface area contributed by atoms with Gasteiger partial charge < -0.3 is 10.2 Å². The molecule has 3 rings (SSSR count). The van der Waals surface area contributed by atoms with Crippen LogP contribution in [0.3, 0.4) is 0 Å². The molecular formula is C16H19F3N4. The van der Waals surface area contributed by atoms with Gasteiger partial charge in [-0.15, -0.1) is 0 Å². The number of alkyl halides is 3. The molecule has 1 N–H and O–H groups in total. The van der Waals surface area contributed by atoms with Crippen molar-refractivity contribution in [1.82, 2.24) is 14.9 Å². The molecule has 0 unspecified atom stereocenters. The maximum Gasteiger partial charge on any atom is 0.433 e. The van der Waals surface area contributed by atoms with Gasteiger partial charge in [0.25, 0.3) is 0 Å². The summed E-state index contributed by atoms with van der Waals surface area (Å²) in [5.74, 6) is 0.610. The van der Waals surface area contributed by atoms with E-state index in [1.165, 1.54) is 18.3 Å². The molecule has 0 atom stereocenters. The number of hydrogen-bond donors (Lipinski definition) is 1. The van der Waals surface area contributed by atoms with E-state index in [1.54, 1.807) is 0 Å². The first-order chi connectivity index (χ1) is 11.0. The second-order valence-corrected chi connectivity index (χ2v) is 5.77. The maximum atomic E-state index is 12.8. The lowest BCUT2D eigenvalue weighted by Gasteiger charge is -2.31. The van der Waals surface area contributed by atoms with E-state index in [9.17, 15) is 13.2 Å². The van der Waals surface area contributed by atoms with Gasteiger partial charge in [0, 0.05) is 30.7 Å². The van der Waals surface area contributed by atoms with Crippen molar-refractivity contribution < 1.29 is 13.2 Å². The first-order valence-corrected chi connectivity index (χ1v) is 7.79. The largest absolute Gasteiger partial charge is 0.433 e. The Morgan fingerprint density at radius 2 is 1.96 bits per heavy atom. The van der Waals surface area contributed by atoms with E-state index >= 15 is 0 Å². The zero-order valence-electron chi connectivity index (χ0n) is 12.9. The molecule has 7 heteroatoms. The number of pyridine rings is 2. The Morgan fingerprint density at radius 3 is 2.61 bits per heavy atom. The third-order valence-electron chi connectivity index (χ3n) is 4.28. The van der Waals surface area contributed by atoms with Crippen molar-refractivity contribution >= 4 is 16.7 Å². The minimum absolute atomic E-state index is 0.290. The number of anilines is 1. The molecule has 2 aromatic rings. The van der Waals surface area contributed by atoms with Crippen LogP contribution in [0, 0.1) is 0 Å². The van der Waals surface area contributed by atoms with Gasteiger partial charge in [-0.25, -0.2) is 9.97 Å². The summed E-state index contributed by atoms with van der Waals surface area (Å²) in [5.41, 5.74) is -0.568. The predicted molar refractivity (Wildman–Crippen MR) is 83.3 cm³/mol. The van der Waals surface area contributed by atoms with Crippen molar-refractivity contribution in [3.8, 4) is 0 Å². The second-order valence-electron chi connectivity index (χ2n) is 5.77. The number of hydrogen-bond acceptors (Lipinski definition) is 4. The number of nitrogens with one attached hydrogen (secondary N) is 1. The highest BCUT2D eigenvalue weighted by Crippen LogP contribution is 2.30. The molecule has 0 aliphatic carbocycles. The molecule has 0 saturated carbocycles. The predicted octanol–water partition coefficient (Wildman–Crippen LogP) is 3.54. The van der Waals surface area contributed by atoms with Crippen LogP contribution in [0.2, 0.25) is 0 Å². The van der Waals surface area contributed by atoms with E-state index in [4.69, 9.17) is 0 Å². The van der Waals surface area contributed by atoms with Gasteiger partial charge in [0.05, 0.1) is 5.52 Å². The quantitative estimate of drug-likeness (QED) is 0.937. The average Bonchev–Trinajstić information content (AvgIpc) is 2.54. The highest BCUT2D eigenvalue weighted by atomic mass is 19.4. The topological polar surface area (TPSA) is 41.0 Å². The first kappa shape index (κ1) is 16.0. The van der Waals surface area contributed by atoms with Crippen molar-refractivity contribution in [2.75, 3.05) is 25.0 Å². The molecule has 1 aliphatic heterocycles. The van der Waals surface area contributed by atoms with E-state index in [-0.39, 0.29) is 6.04 Å². The Kier molecular flexibility index (Phi) is 4.39. The Balaban J connectivity index is 1.82. The summed E-state index contributed by atoms with van der Waals surface area (Å²) in [6.07, 6.45) is -0.934. The van der Waals surface area contributed by atoms with E-state index in [0.29, 0.717) is 16.7 Å². The molecule has 1 saturated heterocycles. The van der Waals surface area contributed by atoms with Crippen molar-refractivity contribution in [2.45, 2.75) is 32.0 Å².